The number of benzene rings is 2. The van der Waals surface area contributed by atoms with Gasteiger partial charge in [0.25, 0.3) is 11.8 Å². The normalized spacial score (nSPS) is 19.6. The molecule has 1 N–H and O–H groups in total. The zero-order valence-corrected chi connectivity index (χ0v) is 19.0. The summed E-state index contributed by atoms with van der Waals surface area (Å²) in [6, 6.07) is 9.24. The number of rotatable bonds is 4. The predicted molar refractivity (Wildman–Crippen MR) is 120 cm³/mol. The quantitative estimate of drug-likeness (QED) is 0.672. The standard InChI is InChI=1S/C24H22ClFN4O4/c25-21-16(2-1-3-19(21)26)15-6-9-28(10-7-15)13-14-4-5-17-18(12-14)23(33)30(22(17)32)29-11-8-20(31)27-24(29)34/h1-5,12,15H,6-11,13H2,(H,27,31,34). The molecule has 2 aromatic carbocycles. The molecule has 0 radical (unpaired) electrons. The fourth-order valence-electron chi connectivity index (χ4n) is 4.84. The van der Waals surface area contributed by atoms with Crippen molar-refractivity contribution in [3.8, 4) is 0 Å². The first-order chi connectivity index (χ1) is 16.3. The average molecular weight is 485 g/mol. The van der Waals surface area contributed by atoms with Gasteiger partial charge in [0.15, 0.2) is 0 Å². The highest BCUT2D eigenvalue weighted by atomic mass is 35.5. The molecule has 0 aliphatic carbocycles. The fraction of sp³-hybridized carbons (Fsp3) is 0.333. The number of likely N-dealkylation sites (tertiary alicyclic amines) is 1. The minimum Gasteiger partial charge on any atom is -0.299 e. The Morgan fingerprint density at radius 1 is 0.971 bits per heavy atom. The lowest BCUT2D eigenvalue weighted by Gasteiger charge is -2.32. The number of imide groups is 2. The molecule has 2 fully saturated rings. The summed E-state index contributed by atoms with van der Waals surface area (Å²) in [4.78, 5) is 51.6. The van der Waals surface area contributed by atoms with Crippen molar-refractivity contribution in [1.82, 2.24) is 20.2 Å². The number of fused-ring (bicyclic) bond motifs is 1. The molecule has 2 aromatic rings. The third kappa shape index (κ3) is 3.95. The Kier molecular flexibility index (Phi) is 5.83. The molecular formula is C24H22ClFN4O4. The van der Waals surface area contributed by atoms with Crippen LogP contribution in [0.3, 0.4) is 0 Å². The van der Waals surface area contributed by atoms with Gasteiger partial charge in [-0.3, -0.25) is 24.6 Å². The third-order valence-electron chi connectivity index (χ3n) is 6.62. The molecule has 34 heavy (non-hydrogen) atoms. The molecule has 0 aromatic heterocycles. The Hall–Kier alpha value is -3.30. The number of piperidine rings is 1. The molecule has 0 saturated carbocycles. The van der Waals surface area contributed by atoms with E-state index in [0.29, 0.717) is 6.54 Å². The van der Waals surface area contributed by atoms with Crippen molar-refractivity contribution in [1.29, 1.82) is 0 Å². The number of nitrogens with one attached hydrogen (secondary N) is 1. The van der Waals surface area contributed by atoms with Gasteiger partial charge in [-0.2, -0.15) is 5.01 Å². The van der Waals surface area contributed by atoms with Gasteiger partial charge >= 0.3 is 6.03 Å². The number of halogens is 2. The van der Waals surface area contributed by atoms with Gasteiger partial charge in [0.1, 0.15) is 5.82 Å². The number of nitrogens with zero attached hydrogens (tertiary/aromatic N) is 3. The van der Waals surface area contributed by atoms with Gasteiger partial charge in [0.05, 0.1) is 22.7 Å². The molecule has 10 heteroatoms. The molecule has 3 heterocycles. The highest BCUT2D eigenvalue weighted by Crippen LogP contribution is 2.34. The summed E-state index contributed by atoms with van der Waals surface area (Å²) >= 11 is 6.16. The summed E-state index contributed by atoms with van der Waals surface area (Å²) < 4.78 is 13.8. The van der Waals surface area contributed by atoms with E-state index in [-0.39, 0.29) is 35.0 Å². The highest BCUT2D eigenvalue weighted by molar-refractivity contribution is 6.31. The zero-order valence-electron chi connectivity index (χ0n) is 18.2. The third-order valence-corrected chi connectivity index (χ3v) is 7.02. The number of urea groups is 1. The SMILES string of the molecule is O=C1CCN(N2C(=O)c3ccc(CN4CCC(c5cccc(F)c5Cl)CC4)cc3C2=O)C(=O)N1. The van der Waals surface area contributed by atoms with E-state index in [1.807, 2.05) is 12.1 Å². The molecule has 8 nitrogen and oxygen atoms in total. The van der Waals surface area contributed by atoms with Gasteiger partial charge < -0.3 is 0 Å². The van der Waals surface area contributed by atoms with E-state index < -0.39 is 29.6 Å². The highest BCUT2D eigenvalue weighted by Gasteiger charge is 2.43. The average Bonchev–Trinajstić information content (AvgIpc) is 3.06. The van der Waals surface area contributed by atoms with Crippen molar-refractivity contribution >= 4 is 35.4 Å². The predicted octanol–water partition coefficient (Wildman–Crippen LogP) is 3.31. The first-order valence-electron chi connectivity index (χ1n) is 11.1. The van der Waals surface area contributed by atoms with Gasteiger partial charge in [-0.15, -0.1) is 0 Å². The number of carbonyl (C=O) groups excluding carboxylic acids is 4. The van der Waals surface area contributed by atoms with Crippen molar-refractivity contribution in [2.45, 2.75) is 31.7 Å². The Balaban J connectivity index is 1.26. The van der Waals surface area contributed by atoms with E-state index in [0.717, 1.165) is 47.1 Å². The van der Waals surface area contributed by atoms with Crippen LogP contribution in [0.4, 0.5) is 9.18 Å². The smallest absolute Gasteiger partial charge is 0.299 e. The van der Waals surface area contributed by atoms with E-state index in [4.69, 9.17) is 11.6 Å². The van der Waals surface area contributed by atoms with Crippen LogP contribution in [0.5, 0.6) is 0 Å². The van der Waals surface area contributed by atoms with Crippen LogP contribution in [0.2, 0.25) is 5.02 Å². The lowest BCUT2D eigenvalue weighted by atomic mass is 9.89. The Bertz CT molecular complexity index is 1210. The van der Waals surface area contributed by atoms with Crippen LogP contribution in [0.1, 0.15) is 57.0 Å². The summed E-state index contributed by atoms with van der Waals surface area (Å²) in [5, 5.41) is 4.11. The van der Waals surface area contributed by atoms with Crippen LogP contribution >= 0.6 is 11.6 Å². The number of hydrogen-bond donors (Lipinski definition) is 1. The van der Waals surface area contributed by atoms with Gasteiger partial charge in [-0.05, 0) is 61.2 Å². The number of hydrazine groups is 1. The van der Waals surface area contributed by atoms with Crippen molar-refractivity contribution in [3.63, 3.8) is 0 Å². The Morgan fingerprint density at radius 3 is 2.44 bits per heavy atom. The first-order valence-corrected chi connectivity index (χ1v) is 11.5. The van der Waals surface area contributed by atoms with E-state index in [1.165, 1.54) is 6.07 Å². The van der Waals surface area contributed by atoms with Crippen molar-refractivity contribution in [2.24, 2.45) is 0 Å². The number of amides is 5. The largest absolute Gasteiger partial charge is 0.343 e. The topological polar surface area (TPSA) is 90.0 Å². The van der Waals surface area contributed by atoms with Gasteiger partial charge in [-0.25, -0.2) is 14.2 Å². The second-order valence-corrected chi connectivity index (χ2v) is 9.10. The lowest BCUT2D eigenvalue weighted by Crippen LogP contribution is -2.58. The second kappa shape index (κ2) is 8.81. The summed E-state index contributed by atoms with van der Waals surface area (Å²) in [7, 11) is 0. The summed E-state index contributed by atoms with van der Waals surface area (Å²) in [5.41, 5.74) is 2.19. The van der Waals surface area contributed by atoms with Gasteiger partial charge in [0, 0.05) is 13.0 Å². The van der Waals surface area contributed by atoms with Crippen molar-refractivity contribution in [3.05, 3.63) is 69.5 Å². The zero-order chi connectivity index (χ0) is 24.0. The molecule has 2 saturated heterocycles. The van der Waals surface area contributed by atoms with Crippen LogP contribution in [-0.4, -0.2) is 58.3 Å². The molecule has 3 aliphatic heterocycles. The van der Waals surface area contributed by atoms with Crippen LogP contribution in [0.15, 0.2) is 36.4 Å². The van der Waals surface area contributed by atoms with E-state index in [2.05, 4.69) is 10.2 Å². The molecule has 0 bridgehead atoms. The van der Waals surface area contributed by atoms with E-state index >= 15 is 0 Å². The van der Waals surface area contributed by atoms with Crippen LogP contribution in [0.25, 0.3) is 0 Å². The molecular weight excluding hydrogens is 463 g/mol. The lowest BCUT2D eigenvalue weighted by molar-refractivity contribution is -0.122. The molecule has 0 atom stereocenters. The summed E-state index contributed by atoms with van der Waals surface area (Å²) in [6.45, 7) is 2.13. The first kappa shape index (κ1) is 22.5. The van der Waals surface area contributed by atoms with Gasteiger partial charge in [-0.1, -0.05) is 29.8 Å². The Morgan fingerprint density at radius 2 is 1.71 bits per heavy atom. The van der Waals surface area contributed by atoms with Crippen molar-refractivity contribution in [2.75, 3.05) is 19.6 Å². The summed E-state index contributed by atoms with van der Waals surface area (Å²) in [6.07, 6.45) is 1.69. The molecule has 176 valence electrons. The van der Waals surface area contributed by atoms with E-state index in [9.17, 15) is 23.6 Å². The molecule has 5 amide bonds. The molecule has 5 rings (SSSR count). The van der Waals surface area contributed by atoms with Crippen molar-refractivity contribution < 1.29 is 23.6 Å². The maximum absolute atomic E-state index is 13.8. The molecule has 3 aliphatic rings. The van der Waals surface area contributed by atoms with Crippen LogP contribution in [0, 0.1) is 5.82 Å². The minimum atomic E-state index is -0.785. The maximum atomic E-state index is 13.8. The van der Waals surface area contributed by atoms with E-state index in [1.54, 1.807) is 18.2 Å². The minimum absolute atomic E-state index is 0.0151. The maximum Gasteiger partial charge on any atom is 0.343 e. The number of carbonyl (C=O) groups is 4. The molecule has 0 spiro atoms. The van der Waals surface area contributed by atoms with Crippen LogP contribution in [-0.2, 0) is 11.3 Å². The monoisotopic (exact) mass is 484 g/mol. The fourth-order valence-corrected chi connectivity index (χ4v) is 5.12. The molecule has 0 unspecified atom stereocenters. The van der Waals surface area contributed by atoms with Crippen LogP contribution < -0.4 is 5.32 Å². The second-order valence-electron chi connectivity index (χ2n) is 8.72. The van der Waals surface area contributed by atoms with Gasteiger partial charge in [0.2, 0.25) is 5.91 Å². The Labute approximate surface area is 200 Å². The number of hydrogen-bond acceptors (Lipinski definition) is 5. The summed E-state index contributed by atoms with van der Waals surface area (Å²) in [5.74, 6) is -1.81.